The van der Waals surface area contributed by atoms with Crippen LogP contribution in [-0.4, -0.2) is 52.1 Å². The van der Waals surface area contributed by atoms with E-state index in [4.69, 9.17) is 21.4 Å². The van der Waals surface area contributed by atoms with E-state index in [9.17, 15) is 9.59 Å². The van der Waals surface area contributed by atoms with Crippen LogP contribution < -0.4 is 4.74 Å². The molecule has 2 aromatic heterocycles. The normalized spacial score (nSPS) is 16.7. The summed E-state index contributed by atoms with van der Waals surface area (Å²) >= 11 is 7.32. The number of nitrogens with zero attached hydrogens (tertiary/aromatic N) is 3. The lowest BCUT2D eigenvalue weighted by Gasteiger charge is -2.17. The van der Waals surface area contributed by atoms with Gasteiger partial charge in [0.05, 0.1) is 22.8 Å². The fraction of sp³-hybridized carbons (Fsp3) is 0.412. The summed E-state index contributed by atoms with van der Waals surface area (Å²) in [6.07, 6.45) is 1.48. The minimum absolute atomic E-state index is 0.185. The van der Waals surface area contributed by atoms with Crippen LogP contribution in [0.4, 0.5) is 0 Å². The molecule has 1 unspecified atom stereocenters. The first-order chi connectivity index (χ1) is 12.4. The van der Waals surface area contributed by atoms with Crippen molar-refractivity contribution in [2.75, 3.05) is 20.2 Å². The Balaban J connectivity index is 1.68. The molecule has 0 aromatic carbocycles. The molecule has 0 aliphatic carbocycles. The second-order valence-corrected chi connectivity index (χ2v) is 7.61. The lowest BCUT2D eigenvalue weighted by molar-refractivity contribution is 0.0700. The number of halogens is 1. The summed E-state index contributed by atoms with van der Waals surface area (Å²) in [6, 6.07) is 3.21. The maximum atomic E-state index is 12.7. The third-order valence-electron chi connectivity index (χ3n) is 4.30. The Morgan fingerprint density at radius 1 is 1.42 bits per heavy atom. The summed E-state index contributed by atoms with van der Waals surface area (Å²) in [7, 11) is 1.48. The minimum Gasteiger partial charge on any atom is -0.481 e. The molecule has 1 aliphatic heterocycles. The smallest absolute Gasteiger partial charge is 0.347 e. The van der Waals surface area contributed by atoms with Crippen LogP contribution in [0.5, 0.6) is 5.88 Å². The number of aromatic nitrogens is 2. The first-order valence-corrected chi connectivity index (χ1v) is 9.28. The van der Waals surface area contributed by atoms with Gasteiger partial charge in [0.2, 0.25) is 5.88 Å². The zero-order chi connectivity index (χ0) is 18.8. The number of pyridine rings is 1. The van der Waals surface area contributed by atoms with Crippen molar-refractivity contribution in [3.8, 4) is 5.88 Å². The zero-order valence-electron chi connectivity index (χ0n) is 14.4. The molecule has 3 heterocycles. The number of likely N-dealkylation sites (tertiary alicyclic amines) is 1. The van der Waals surface area contributed by atoms with Crippen molar-refractivity contribution in [3.63, 3.8) is 0 Å². The molecule has 2 aromatic rings. The summed E-state index contributed by atoms with van der Waals surface area (Å²) in [6.45, 7) is 2.87. The summed E-state index contributed by atoms with van der Waals surface area (Å²) in [4.78, 5) is 34.4. The van der Waals surface area contributed by atoms with Crippen molar-refractivity contribution in [1.82, 2.24) is 14.9 Å². The van der Waals surface area contributed by atoms with Gasteiger partial charge in [-0.2, -0.15) is 0 Å². The van der Waals surface area contributed by atoms with Crippen LogP contribution >= 0.6 is 22.9 Å². The van der Waals surface area contributed by atoms with Gasteiger partial charge >= 0.3 is 5.97 Å². The molecule has 0 bridgehead atoms. The van der Waals surface area contributed by atoms with Crippen molar-refractivity contribution in [1.29, 1.82) is 0 Å². The molecule has 3 rings (SSSR count). The molecule has 0 saturated carbocycles. The van der Waals surface area contributed by atoms with Crippen LogP contribution in [0, 0.1) is 12.8 Å². The average molecular weight is 396 g/mol. The van der Waals surface area contributed by atoms with Crippen LogP contribution in [0.3, 0.4) is 0 Å². The van der Waals surface area contributed by atoms with E-state index < -0.39 is 5.97 Å². The first-order valence-electron chi connectivity index (χ1n) is 8.08. The minimum atomic E-state index is -0.951. The van der Waals surface area contributed by atoms with E-state index in [0.29, 0.717) is 36.1 Å². The standard InChI is InChI=1S/C17H18ClN3O4S/c1-9-15(17(23)24)26-13(19-9)7-10-5-6-21(8-10)16(22)14-11(18)3-4-12(20-14)25-2/h3-4,10H,5-8H2,1-2H3,(H,23,24). The van der Waals surface area contributed by atoms with E-state index in [1.54, 1.807) is 24.0 Å². The topological polar surface area (TPSA) is 92.6 Å². The van der Waals surface area contributed by atoms with Gasteiger partial charge in [-0.25, -0.2) is 14.8 Å². The number of amides is 1. The highest BCUT2D eigenvalue weighted by atomic mass is 35.5. The third-order valence-corrected chi connectivity index (χ3v) is 5.78. The molecule has 7 nitrogen and oxygen atoms in total. The molecule has 1 atom stereocenters. The van der Waals surface area contributed by atoms with E-state index in [1.807, 2.05) is 0 Å². The summed E-state index contributed by atoms with van der Waals surface area (Å²) in [5, 5.41) is 10.2. The number of thiazole rings is 1. The Morgan fingerprint density at radius 3 is 2.85 bits per heavy atom. The Kier molecular flexibility index (Phi) is 5.43. The van der Waals surface area contributed by atoms with Gasteiger partial charge in [-0.1, -0.05) is 11.6 Å². The Hall–Kier alpha value is -2.19. The molecule has 1 aliphatic rings. The van der Waals surface area contributed by atoms with Gasteiger partial charge in [0.1, 0.15) is 4.88 Å². The number of carboxylic acid groups (broad SMARTS) is 1. The van der Waals surface area contributed by atoms with E-state index in [-0.39, 0.29) is 22.4 Å². The number of rotatable bonds is 5. The molecule has 0 radical (unpaired) electrons. The number of methoxy groups -OCH3 is 1. The quantitative estimate of drug-likeness (QED) is 0.836. The molecular weight excluding hydrogens is 378 g/mol. The fourth-order valence-electron chi connectivity index (χ4n) is 3.01. The fourth-order valence-corrected chi connectivity index (χ4v) is 4.21. The van der Waals surface area contributed by atoms with Crippen molar-refractivity contribution in [2.45, 2.75) is 19.8 Å². The molecule has 9 heteroatoms. The van der Waals surface area contributed by atoms with Crippen LogP contribution in [0.2, 0.25) is 5.02 Å². The molecule has 1 amide bonds. The Bertz CT molecular complexity index is 855. The predicted molar refractivity (Wildman–Crippen MR) is 97.3 cm³/mol. The van der Waals surface area contributed by atoms with Crippen molar-refractivity contribution in [3.05, 3.63) is 38.4 Å². The highest BCUT2D eigenvalue weighted by Crippen LogP contribution is 2.27. The zero-order valence-corrected chi connectivity index (χ0v) is 15.9. The van der Waals surface area contributed by atoms with Crippen LogP contribution in [0.25, 0.3) is 0 Å². The van der Waals surface area contributed by atoms with Crippen LogP contribution in [-0.2, 0) is 6.42 Å². The van der Waals surface area contributed by atoms with Gasteiger partial charge in [-0.05, 0) is 25.3 Å². The average Bonchev–Trinajstić information content (AvgIpc) is 3.21. The van der Waals surface area contributed by atoms with Gasteiger partial charge in [-0.3, -0.25) is 4.79 Å². The second kappa shape index (κ2) is 7.59. The van der Waals surface area contributed by atoms with E-state index in [0.717, 1.165) is 11.4 Å². The molecule has 138 valence electrons. The van der Waals surface area contributed by atoms with Crippen LogP contribution in [0.15, 0.2) is 12.1 Å². The summed E-state index contributed by atoms with van der Waals surface area (Å²) < 4.78 is 5.06. The largest absolute Gasteiger partial charge is 0.481 e. The summed E-state index contributed by atoms with van der Waals surface area (Å²) in [5.74, 6) is -0.602. The van der Waals surface area contributed by atoms with Gasteiger partial charge in [0.25, 0.3) is 5.91 Å². The van der Waals surface area contributed by atoms with E-state index >= 15 is 0 Å². The molecule has 1 saturated heterocycles. The maximum absolute atomic E-state index is 12.7. The molecule has 1 fully saturated rings. The molecule has 26 heavy (non-hydrogen) atoms. The second-order valence-electron chi connectivity index (χ2n) is 6.12. The van der Waals surface area contributed by atoms with Gasteiger partial charge < -0.3 is 14.7 Å². The molecule has 1 N–H and O–H groups in total. The Labute approximate surface area is 159 Å². The van der Waals surface area contributed by atoms with Crippen molar-refractivity contribution >= 4 is 34.8 Å². The van der Waals surface area contributed by atoms with Gasteiger partial charge in [0, 0.05) is 25.6 Å². The Morgan fingerprint density at radius 2 is 2.19 bits per heavy atom. The lowest BCUT2D eigenvalue weighted by Crippen LogP contribution is -2.30. The number of aryl methyl sites for hydroxylation is 1. The highest BCUT2D eigenvalue weighted by Gasteiger charge is 2.30. The number of hydrogen-bond acceptors (Lipinski definition) is 6. The number of carboxylic acids is 1. The van der Waals surface area contributed by atoms with Gasteiger partial charge in [-0.15, -0.1) is 11.3 Å². The highest BCUT2D eigenvalue weighted by molar-refractivity contribution is 7.13. The summed E-state index contributed by atoms with van der Waals surface area (Å²) in [5.41, 5.74) is 0.723. The van der Waals surface area contributed by atoms with E-state index in [2.05, 4.69) is 9.97 Å². The number of aromatic carboxylic acids is 1. The van der Waals surface area contributed by atoms with Crippen LogP contribution in [0.1, 0.15) is 37.3 Å². The van der Waals surface area contributed by atoms with Crippen molar-refractivity contribution < 1.29 is 19.4 Å². The van der Waals surface area contributed by atoms with Gasteiger partial charge in [0.15, 0.2) is 5.69 Å². The van der Waals surface area contributed by atoms with Crippen molar-refractivity contribution in [2.24, 2.45) is 5.92 Å². The van der Waals surface area contributed by atoms with E-state index in [1.165, 1.54) is 18.4 Å². The predicted octanol–water partition coefficient (Wildman–Crippen LogP) is 2.91. The SMILES string of the molecule is COc1ccc(Cl)c(C(=O)N2CCC(Cc3nc(C)c(C(=O)O)s3)C2)n1. The maximum Gasteiger partial charge on any atom is 0.347 e. The number of ether oxygens (including phenoxy) is 1. The monoisotopic (exact) mass is 395 g/mol. The lowest BCUT2D eigenvalue weighted by atomic mass is 10.1. The number of hydrogen-bond donors (Lipinski definition) is 1. The first kappa shape index (κ1) is 18.6. The third kappa shape index (κ3) is 3.81. The number of carbonyl (C=O) groups is 2. The molecule has 0 spiro atoms. The molecular formula is C17H18ClN3O4S. The number of carbonyl (C=O) groups excluding carboxylic acids is 1.